The van der Waals surface area contributed by atoms with Crippen LogP contribution >= 0.6 is 15.9 Å². The van der Waals surface area contributed by atoms with Gasteiger partial charge < -0.3 is 10.2 Å². The molecule has 0 saturated carbocycles. The van der Waals surface area contributed by atoms with E-state index in [0.717, 1.165) is 15.4 Å². The molecule has 0 spiro atoms. The quantitative estimate of drug-likeness (QED) is 0.857. The monoisotopic (exact) mass is 359 g/mol. The number of sulfone groups is 1. The minimum absolute atomic E-state index is 0.180. The van der Waals surface area contributed by atoms with Gasteiger partial charge in [0.1, 0.15) is 21.2 Å². The van der Waals surface area contributed by atoms with Crippen molar-refractivity contribution in [1.82, 2.24) is 0 Å². The van der Waals surface area contributed by atoms with Crippen LogP contribution in [-0.2, 0) is 9.84 Å². The van der Waals surface area contributed by atoms with Crippen LogP contribution in [0, 0.1) is 0 Å². The van der Waals surface area contributed by atoms with E-state index >= 15 is 0 Å². The summed E-state index contributed by atoms with van der Waals surface area (Å²) >= 11 is 3.43. The zero-order chi connectivity index (χ0) is 14.8. The first-order valence-electron chi connectivity index (χ1n) is 6.57. The number of nitrogens with two attached hydrogens (primary N) is 1. The Hall–Kier alpha value is -0.850. The Kier molecular flexibility index (Phi) is 4.88. The fourth-order valence-electron chi connectivity index (χ4n) is 2.04. The van der Waals surface area contributed by atoms with Crippen molar-refractivity contribution in [2.75, 3.05) is 11.5 Å². The van der Waals surface area contributed by atoms with Crippen LogP contribution in [0.3, 0.4) is 0 Å². The summed E-state index contributed by atoms with van der Waals surface area (Å²) in [7, 11) is -2.92. The van der Waals surface area contributed by atoms with E-state index in [-0.39, 0.29) is 17.5 Å². The van der Waals surface area contributed by atoms with Crippen LogP contribution in [0.15, 0.2) is 33.2 Å². The molecule has 0 aliphatic carbocycles. The number of hydrogen-bond donors (Lipinski definition) is 1. The van der Waals surface area contributed by atoms with Gasteiger partial charge >= 0.3 is 0 Å². The minimum atomic E-state index is -2.92. The molecule has 20 heavy (non-hydrogen) atoms. The summed E-state index contributed by atoms with van der Waals surface area (Å²) < 4.78 is 29.5. The molecule has 1 heterocycles. The van der Waals surface area contributed by atoms with Crippen LogP contribution in [0.4, 0.5) is 0 Å². The summed E-state index contributed by atoms with van der Waals surface area (Å²) in [5.41, 5.74) is 6.85. The molecule has 2 N–H and O–H groups in total. The SMILES string of the molecule is CCS(=O)(=O)CCCC(N)c1cc2cccc(Br)c2o1. The van der Waals surface area contributed by atoms with Crippen molar-refractivity contribution in [2.24, 2.45) is 5.73 Å². The first-order chi connectivity index (χ1) is 9.43. The van der Waals surface area contributed by atoms with Gasteiger partial charge in [0.25, 0.3) is 0 Å². The van der Waals surface area contributed by atoms with E-state index in [1.807, 2.05) is 24.3 Å². The summed E-state index contributed by atoms with van der Waals surface area (Å²) in [4.78, 5) is 0. The van der Waals surface area contributed by atoms with E-state index in [9.17, 15) is 8.42 Å². The van der Waals surface area contributed by atoms with E-state index in [1.54, 1.807) is 6.92 Å². The molecule has 0 aliphatic heterocycles. The number of furan rings is 1. The molecule has 110 valence electrons. The van der Waals surface area contributed by atoms with Gasteiger partial charge in [0.2, 0.25) is 0 Å². The van der Waals surface area contributed by atoms with Crippen molar-refractivity contribution in [2.45, 2.75) is 25.8 Å². The predicted molar refractivity (Wildman–Crippen MR) is 84.4 cm³/mol. The fraction of sp³-hybridized carbons (Fsp3) is 0.429. The highest BCUT2D eigenvalue weighted by atomic mass is 79.9. The van der Waals surface area contributed by atoms with Crippen molar-refractivity contribution in [3.05, 3.63) is 34.5 Å². The molecular formula is C14H18BrNO3S. The second-order valence-electron chi connectivity index (χ2n) is 4.79. The molecule has 4 nitrogen and oxygen atoms in total. The van der Waals surface area contributed by atoms with Gasteiger partial charge in [-0.2, -0.15) is 0 Å². The zero-order valence-electron chi connectivity index (χ0n) is 11.3. The van der Waals surface area contributed by atoms with Gasteiger partial charge in [-0.15, -0.1) is 0 Å². The van der Waals surface area contributed by atoms with Crippen molar-refractivity contribution in [3.8, 4) is 0 Å². The third-order valence-corrected chi connectivity index (χ3v) is 5.71. The molecule has 1 unspecified atom stereocenters. The highest BCUT2D eigenvalue weighted by molar-refractivity contribution is 9.10. The Balaban J connectivity index is 2.04. The molecule has 0 saturated heterocycles. The molecule has 2 aromatic rings. The zero-order valence-corrected chi connectivity index (χ0v) is 13.7. The van der Waals surface area contributed by atoms with E-state index in [2.05, 4.69) is 15.9 Å². The lowest BCUT2D eigenvalue weighted by Crippen LogP contribution is -2.13. The maximum atomic E-state index is 11.4. The lowest BCUT2D eigenvalue weighted by Gasteiger charge is -2.08. The average molecular weight is 360 g/mol. The molecule has 1 atom stereocenters. The maximum Gasteiger partial charge on any atom is 0.150 e. The second-order valence-corrected chi connectivity index (χ2v) is 8.12. The lowest BCUT2D eigenvalue weighted by atomic mass is 10.1. The molecule has 1 aromatic carbocycles. The van der Waals surface area contributed by atoms with Crippen LogP contribution < -0.4 is 5.73 Å². The van der Waals surface area contributed by atoms with Crippen LogP contribution in [0.2, 0.25) is 0 Å². The number of fused-ring (bicyclic) bond motifs is 1. The summed E-state index contributed by atoms with van der Waals surface area (Å²) in [6.07, 6.45) is 1.15. The third-order valence-electron chi connectivity index (χ3n) is 3.29. The van der Waals surface area contributed by atoms with Gasteiger partial charge in [-0.05, 0) is 40.9 Å². The highest BCUT2D eigenvalue weighted by Crippen LogP contribution is 2.30. The smallest absolute Gasteiger partial charge is 0.150 e. The maximum absolute atomic E-state index is 11.4. The van der Waals surface area contributed by atoms with Gasteiger partial charge in [-0.25, -0.2) is 8.42 Å². The van der Waals surface area contributed by atoms with Crippen LogP contribution in [0.5, 0.6) is 0 Å². The van der Waals surface area contributed by atoms with E-state index in [1.165, 1.54) is 0 Å². The predicted octanol–water partition coefficient (Wildman–Crippen LogP) is 3.41. The highest BCUT2D eigenvalue weighted by Gasteiger charge is 2.15. The molecular weight excluding hydrogens is 342 g/mol. The summed E-state index contributed by atoms with van der Waals surface area (Å²) in [5, 5.41) is 0.992. The molecule has 0 amide bonds. The molecule has 0 bridgehead atoms. The molecule has 1 aromatic heterocycles. The Labute approximate surface area is 127 Å². The van der Waals surface area contributed by atoms with Crippen LogP contribution in [0.1, 0.15) is 31.6 Å². The van der Waals surface area contributed by atoms with Crippen molar-refractivity contribution < 1.29 is 12.8 Å². The number of rotatable bonds is 6. The fourth-order valence-corrected chi connectivity index (χ4v) is 3.40. The van der Waals surface area contributed by atoms with Gasteiger partial charge in [0.05, 0.1) is 16.3 Å². The number of halogens is 1. The van der Waals surface area contributed by atoms with E-state index in [4.69, 9.17) is 10.2 Å². The van der Waals surface area contributed by atoms with Gasteiger partial charge in [-0.3, -0.25) is 0 Å². The molecule has 6 heteroatoms. The molecule has 0 fully saturated rings. The summed E-state index contributed by atoms with van der Waals surface area (Å²) in [6, 6.07) is 7.45. The normalized spacial score (nSPS) is 13.8. The number of hydrogen-bond acceptors (Lipinski definition) is 4. The summed E-state index contributed by atoms with van der Waals surface area (Å²) in [6.45, 7) is 1.66. The molecule has 0 radical (unpaired) electrons. The Morgan fingerprint density at radius 2 is 2.15 bits per heavy atom. The Bertz CT molecular complexity index is 694. The summed E-state index contributed by atoms with van der Waals surface area (Å²) in [5.74, 6) is 1.06. The molecule has 2 rings (SSSR count). The minimum Gasteiger partial charge on any atom is -0.458 e. The van der Waals surface area contributed by atoms with Gasteiger partial charge in [0, 0.05) is 11.1 Å². The van der Waals surface area contributed by atoms with Crippen LogP contribution in [-0.4, -0.2) is 19.9 Å². The largest absolute Gasteiger partial charge is 0.458 e. The number of para-hydroxylation sites is 1. The van der Waals surface area contributed by atoms with E-state index < -0.39 is 9.84 Å². The van der Waals surface area contributed by atoms with Crippen molar-refractivity contribution >= 4 is 36.7 Å². The first-order valence-corrected chi connectivity index (χ1v) is 9.18. The van der Waals surface area contributed by atoms with Crippen molar-refractivity contribution in [1.29, 1.82) is 0 Å². The Morgan fingerprint density at radius 1 is 1.40 bits per heavy atom. The topological polar surface area (TPSA) is 73.3 Å². The Morgan fingerprint density at radius 3 is 2.80 bits per heavy atom. The average Bonchev–Trinajstić information content (AvgIpc) is 2.84. The first kappa shape index (κ1) is 15.5. The molecule has 0 aliphatic rings. The van der Waals surface area contributed by atoms with E-state index in [0.29, 0.717) is 18.6 Å². The standard InChI is InChI=1S/C14H18BrNO3S/c1-2-20(17,18)8-4-7-12(16)13-9-10-5-3-6-11(15)14(10)19-13/h3,5-6,9,12H,2,4,7-8,16H2,1H3. The van der Waals surface area contributed by atoms with Gasteiger partial charge in [0.15, 0.2) is 0 Å². The number of benzene rings is 1. The second kappa shape index (κ2) is 6.28. The lowest BCUT2D eigenvalue weighted by molar-refractivity contribution is 0.473. The third kappa shape index (κ3) is 3.62. The van der Waals surface area contributed by atoms with Crippen molar-refractivity contribution in [3.63, 3.8) is 0 Å². The van der Waals surface area contributed by atoms with Gasteiger partial charge in [-0.1, -0.05) is 19.1 Å². The van der Waals surface area contributed by atoms with Crippen LogP contribution in [0.25, 0.3) is 11.0 Å².